The average molecular weight is 296 g/mol. The van der Waals surface area contributed by atoms with E-state index >= 15 is 0 Å². The molecule has 5 nitrogen and oxygen atoms in total. The van der Waals surface area contributed by atoms with Crippen LogP contribution in [0, 0.1) is 10.1 Å². The molecular weight excluding hydrogens is 280 g/mol. The van der Waals surface area contributed by atoms with Gasteiger partial charge in [-0.1, -0.05) is 30.3 Å². The van der Waals surface area contributed by atoms with Crippen molar-refractivity contribution in [2.45, 2.75) is 13.1 Å². The molecule has 3 aromatic rings. The largest absolute Gasteiger partial charge is 0.460 e. The molecule has 0 unspecified atom stereocenters. The maximum Gasteiger partial charge on any atom is 0.269 e. The summed E-state index contributed by atoms with van der Waals surface area (Å²) in [7, 11) is 1.99. The number of furan rings is 1. The molecule has 0 aliphatic rings. The van der Waals surface area contributed by atoms with E-state index in [1.165, 1.54) is 12.1 Å². The van der Waals surface area contributed by atoms with Crippen LogP contribution in [-0.4, -0.2) is 16.9 Å². The highest BCUT2D eigenvalue weighted by Gasteiger charge is 2.08. The van der Waals surface area contributed by atoms with Crippen LogP contribution in [0.1, 0.15) is 11.3 Å². The Bertz CT molecular complexity index is 760. The smallest absolute Gasteiger partial charge is 0.269 e. The van der Waals surface area contributed by atoms with Gasteiger partial charge in [0.15, 0.2) is 0 Å². The summed E-state index contributed by atoms with van der Waals surface area (Å²) in [5.41, 5.74) is 2.04. The van der Waals surface area contributed by atoms with Crippen LogP contribution in [0.15, 0.2) is 59.0 Å². The third-order valence-corrected chi connectivity index (χ3v) is 3.50. The molecule has 0 spiro atoms. The summed E-state index contributed by atoms with van der Waals surface area (Å²) in [5.74, 6) is 0.908. The van der Waals surface area contributed by atoms with E-state index in [4.69, 9.17) is 4.42 Å². The number of nitro groups is 1. The second-order valence-corrected chi connectivity index (χ2v) is 5.35. The lowest BCUT2D eigenvalue weighted by molar-refractivity contribution is -0.384. The Morgan fingerprint density at radius 3 is 2.50 bits per heavy atom. The monoisotopic (exact) mass is 296 g/mol. The van der Waals surface area contributed by atoms with E-state index in [9.17, 15) is 10.1 Å². The fraction of sp³-hybridized carbons (Fsp3) is 0.176. The zero-order valence-corrected chi connectivity index (χ0v) is 12.2. The minimum Gasteiger partial charge on any atom is -0.460 e. The number of para-hydroxylation sites is 1. The van der Waals surface area contributed by atoms with Crippen molar-refractivity contribution in [2.75, 3.05) is 7.05 Å². The maximum atomic E-state index is 10.6. The highest BCUT2D eigenvalue weighted by molar-refractivity contribution is 5.77. The lowest BCUT2D eigenvalue weighted by Gasteiger charge is -2.14. The van der Waals surface area contributed by atoms with Gasteiger partial charge in [-0.15, -0.1) is 0 Å². The van der Waals surface area contributed by atoms with E-state index in [0.717, 1.165) is 22.3 Å². The van der Waals surface area contributed by atoms with Crippen LogP contribution in [0.3, 0.4) is 0 Å². The first-order valence-corrected chi connectivity index (χ1v) is 7.01. The molecule has 2 aromatic carbocycles. The molecule has 0 atom stereocenters. The van der Waals surface area contributed by atoms with Crippen LogP contribution in [0.2, 0.25) is 0 Å². The summed E-state index contributed by atoms with van der Waals surface area (Å²) in [6.45, 7) is 1.39. The van der Waals surface area contributed by atoms with Crippen molar-refractivity contribution in [2.24, 2.45) is 0 Å². The molecule has 1 heterocycles. The summed E-state index contributed by atoms with van der Waals surface area (Å²) >= 11 is 0. The Balaban J connectivity index is 1.66. The third-order valence-electron chi connectivity index (χ3n) is 3.50. The number of hydrogen-bond acceptors (Lipinski definition) is 4. The van der Waals surface area contributed by atoms with E-state index < -0.39 is 0 Å². The number of nitro benzene ring substituents is 1. The van der Waals surface area contributed by atoms with Crippen LogP contribution >= 0.6 is 0 Å². The SMILES string of the molecule is CN(Cc1ccc([N+](=O)[O-])cc1)Cc1cc2ccccc2o1. The molecule has 112 valence electrons. The molecule has 0 radical (unpaired) electrons. The molecule has 1 aromatic heterocycles. The number of rotatable bonds is 5. The van der Waals surface area contributed by atoms with Crippen molar-refractivity contribution in [3.63, 3.8) is 0 Å². The van der Waals surface area contributed by atoms with Crippen LogP contribution in [0.5, 0.6) is 0 Å². The fourth-order valence-corrected chi connectivity index (χ4v) is 2.47. The molecule has 0 saturated carbocycles. The van der Waals surface area contributed by atoms with E-state index in [1.54, 1.807) is 12.1 Å². The lowest BCUT2D eigenvalue weighted by Crippen LogP contribution is -2.16. The number of benzene rings is 2. The number of nitrogens with zero attached hydrogens (tertiary/aromatic N) is 2. The normalized spacial score (nSPS) is 11.2. The van der Waals surface area contributed by atoms with Gasteiger partial charge in [-0.2, -0.15) is 0 Å². The predicted octanol–water partition coefficient (Wildman–Crippen LogP) is 3.97. The van der Waals surface area contributed by atoms with Crippen molar-refractivity contribution < 1.29 is 9.34 Å². The van der Waals surface area contributed by atoms with Crippen LogP contribution < -0.4 is 0 Å². The van der Waals surface area contributed by atoms with Crippen LogP contribution in [0.25, 0.3) is 11.0 Å². The minimum absolute atomic E-state index is 0.115. The van der Waals surface area contributed by atoms with Crippen molar-refractivity contribution in [3.05, 3.63) is 76.0 Å². The van der Waals surface area contributed by atoms with Crippen molar-refractivity contribution >= 4 is 16.7 Å². The Kier molecular flexibility index (Phi) is 3.89. The van der Waals surface area contributed by atoms with Crippen LogP contribution in [-0.2, 0) is 13.1 Å². The molecule has 5 heteroatoms. The topological polar surface area (TPSA) is 59.5 Å². The van der Waals surface area contributed by atoms with Gasteiger partial charge >= 0.3 is 0 Å². The quantitative estimate of drug-likeness (QED) is 0.528. The highest BCUT2D eigenvalue weighted by atomic mass is 16.6. The van der Waals surface area contributed by atoms with Gasteiger partial charge in [-0.05, 0) is 24.7 Å². The summed E-state index contributed by atoms with van der Waals surface area (Å²) in [6.07, 6.45) is 0. The highest BCUT2D eigenvalue weighted by Crippen LogP contribution is 2.20. The third kappa shape index (κ3) is 3.15. The molecular formula is C17H16N2O3. The van der Waals surface area contributed by atoms with Gasteiger partial charge in [-0.25, -0.2) is 0 Å². The van der Waals surface area contributed by atoms with Gasteiger partial charge in [0.25, 0.3) is 5.69 Å². The predicted molar refractivity (Wildman–Crippen MR) is 84.5 cm³/mol. The van der Waals surface area contributed by atoms with E-state index in [-0.39, 0.29) is 10.6 Å². The molecule has 3 rings (SSSR count). The standard InChI is InChI=1S/C17H16N2O3/c1-18(11-13-6-8-15(9-7-13)19(20)21)12-16-10-14-4-2-3-5-17(14)22-16/h2-10H,11-12H2,1H3. The summed E-state index contributed by atoms with van der Waals surface area (Å²) in [4.78, 5) is 12.4. The first-order chi connectivity index (χ1) is 10.6. The molecule has 0 N–H and O–H groups in total. The Hall–Kier alpha value is -2.66. The zero-order valence-electron chi connectivity index (χ0n) is 12.2. The average Bonchev–Trinajstić information content (AvgIpc) is 2.89. The zero-order chi connectivity index (χ0) is 15.5. The molecule has 0 aliphatic carbocycles. The molecule has 0 aliphatic heterocycles. The molecule has 22 heavy (non-hydrogen) atoms. The maximum absolute atomic E-state index is 10.6. The van der Waals surface area contributed by atoms with Gasteiger partial charge in [0.1, 0.15) is 11.3 Å². The summed E-state index contributed by atoms with van der Waals surface area (Å²) < 4.78 is 5.80. The van der Waals surface area contributed by atoms with Gasteiger partial charge < -0.3 is 4.42 Å². The number of fused-ring (bicyclic) bond motifs is 1. The van der Waals surface area contributed by atoms with Gasteiger partial charge in [0.2, 0.25) is 0 Å². The summed E-state index contributed by atoms with van der Waals surface area (Å²) in [5, 5.41) is 11.7. The Morgan fingerprint density at radius 2 is 1.82 bits per heavy atom. The van der Waals surface area contributed by atoms with Gasteiger partial charge in [0, 0.05) is 24.1 Å². The van der Waals surface area contributed by atoms with Crippen molar-refractivity contribution in [1.82, 2.24) is 4.90 Å². The molecule has 0 amide bonds. The van der Waals surface area contributed by atoms with Crippen molar-refractivity contribution in [3.8, 4) is 0 Å². The molecule has 0 fully saturated rings. The first kappa shape index (κ1) is 14.3. The molecule has 0 saturated heterocycles. The number of hydrogen-bond donors (Lipinski definition) is 0. The minimum atomic E-state index is -0.387. The van der Waals surface area contributed by atoms with E-state index in [0.29, 0.717) is 13.1 Å². The number of non-ortho nitro benzene ring substituents is 1. The lowest BCUT2D eigenvalue weighted by atomic mass is 10.2. The van der Waals surface area contributed by atoms with E-state index in [2.05, 4.69) is 4.90 Å². The van der Waals surface area contributed by atoms with Crippen LogP contribution in [0.4, 0.5) is 5.69 Å². The molecule has 0 bridgehead atoms. The fourth-order valence-electron chi connectivity index (χ4n) is 2.47. The summed E-state index contributed by atoms with van der Waals surface area (Å²) in [6, 6.07) is 16.6. The van der Waals surface area contributed by atoms with Crippen molar-refractivity contribution in [1.29, 1.82) is 0 Å². The van der Waals surface area contributed by atoms with E-state index in [1.807, 2.05) is 37.4 Å². The van der Waals surface area contributed by atoms with Gasteiger partial charge in [-0.3, -0.25) is 15.0 Å². The Labute approximate surface area is 127 Å². The Morgan fingerprint density at radius 1 is 1.09 bits per heavy atom. The van der Waals surface area contributed by atoms with Gasteiger partial charge in [0.05, 0.1) is 11.5 Å². The second-order valence-electron chi connectivity index (χ2n) is 5.35. The second kappa shape index (κ2) is 5.99. The first-order valence-electron chi connectivity index (χ1n) is 7.01.